The molecule has 1 unspecified atom stereocenters. The number of benzene rings is 1. The highest BCUT2D eigenvalue weighted by Gasteiger charge is 2.36. The van der Waals surface area contributed by atoms with Gasteiger partial charge in [-0.25, -0.2) is 9.78 Å². The van der Waals surface area contributed by atoms with E-state index in [1.807, 2.05) is 0 Å². The highest BCUT2D eigenvalue weighted by atomic mass is 19.3. The van der Waals surface area contributed by atoms with Crippen LogP contribution in [0.25, 0.3) is 11.5 Å². The zero-order chi connectivity index (χ0) is 24.4. The fourth-order valence-electron chi connectivity index (χ4n) is 3.66. The maximum atomic E-state index is 13.2. The largest absolute Gasteiger partial charge is 0.489 e. The molecular formula is C22H26F2N4O6. The van der Waals surface area contributed by atoms with Crippen molar-refractivity contribution < 1.29 is 37.4 Å². The summed E-state index contributed by atoms with van der Waals surface area (Å²) in [5, 5.41) is 12.4. The number of nitrogens with zero attached hydrogens (tertiary/aromatic N) is 2. The van der Waals surface area contributed by atoms with Crippen molar-refractivity contribution >= 4 is 11.9 Å². The van der Waals surface area contributed by atoms with Crippen LogP contribution in [0, 0.1) is 5.92 Å². The first-order valence-corrected chi connectivity index (χ1v) is 11.0. The minimum Gasteiger partial charge on any atom is -0.489 e. The van der Waals surface area contributed by atoms with Crippen LogP contribution in [0.1, 0.15) is 42.1 Å². The second kappa shape index (κ2) is 9.94. The summed E-state index contributed by atoms with van der Waals surface area (Å²) >= 11 is 0. The number of carbonyl (C=O) groups excluding carboxylic acids is 1. The smallest absolute Gasteiger partial charge is 0.387 e. The Balaban J connectivity index is 1.67. The van der Waals surface area contributed by atoms with Crippen molar-refractivity contribution in [2.24, 2.45) is 11.7 Å². The predicted molar refractivity (Wildman–Crippen MR) is 115 cm³/mol. The molecule has 0 radical (unpaired) electrons. The normalized spacial score (nSPS) is 19.2. The van der Waals surface area contributed by atoms with Crippen LogP contribution in [0.4, 0.5) is 8.78 Å². The van der Waals surface area contributed by atoms with Crippen molar-refractivity contribution in [1.29, 1.82) is 0 Å². The molecule has 1 aliphatic heterocycles. The van der Waals surface area contributed by atoms with Gasteiger partial charge in [-0.15, -0.1) is 0 Å². The van der Waals surface area contributed by atoms with Crippen LogP contribution in [0.2, 0.25) is 0 Å². The number of ether oxygens (including phenoxy) is 2. The zero-order valence-corrected chi connectivity index (χ0v) is 18.5. The highest BCUT2D eigenvalue weighted by molar-refractivity contribution is 5.96. The Labute approximate surface area is 194 Å². The first-order chi connectivity index (χ1) is 16.2. The lowest BCUT2D eigenvalue weighted by molar-refractivity contribution is -0.142. The van der Waals surface area contributed by atoms with Crippen LogP contribution in [-0.2, 0) is 4.79 Å². The number of aliphatic carboxylic acids is 1. The third kappa shape index (κ3) is 5.28. The zero-order valence-electron chi connectivity index (χ0n) is 18.5. The number of carbonyl (C=O) groups is 2. The van der Waals surface area contributed by atoms with Crippen molar-refractivity contribution in [1.82, 2.24) is 15.2 Å². The van der Waals surface area contributed by atoms with E-state index in [0.29, 0.717) is 24.6 Å². The molecule has 1 aliphatic carbocycles. The van der Waals surface area contributed by atoms with E-state index in [-0.39, 0.29) is 41.9 Å². The number of nitrogens with one attached hydrogen (secondary N) is 1. The van der Waals surface area contributed by atoms with Crippen molar-refractivity contribution in [3.8, 4) is 23.0 Å². The van der Waals surface area contributed by atoms with Crippen molar-refractivity contribution in [3.63, 3.8) is 0 Å². The second-order valence-electron chi connectivity index (χ2n) is 8.37. The van der Waals surface area contributed by atoms with Gasteiger partial charge in [0.25, 0.3) is 5.91 Å². The summed E-state index contributed by atoms with van der Waals surface area (Å²) in [6.45, 7) is -0.339. The van der Waals surface area contributed by atoms with Gasteiger partial charge in [-0.1, -0.05) is 0 Å². The maximum absolute atomic E-state index is 13.2. The van der Waals surface area contributed by atoms with Crippen LogP contribution in [0.5, 0.6) is 11.5 Å². The molecule has 12 heteroatoms. The molecule has 4 rings (SSSR count). The van der Waals surface area contributed by atoms with Crippen molar-refractivity contribution in [3.05, 3.63) is 29.7 Å². The van der Waals surface area contributed by atoms with E-state index in [4.69, 9.17) is 14.9 Å². The Bertz CT molecular complexity index is 1060. The summed E-state index contributed by atoms with van der Waals surface area (Å²) in [4.78, 5) is 30.4. The first kappa shape index (κ1) is 23.9. The number of halogens is 2. The van der Waals surface area contributed by atoms with Gasteiger partial charge in [0.1, 0.15) is 6.04 Å². The summed E-state index contributed by atoms with van der Waals surface area (Å²) in [5.41, 5.74) is 6.28. The summed E-state index contributed by atoms with van der Waals surface area (Å²) < 4.78 is 41.7. The van der Waals surface area contributed by atoms with E-state index in [9.17, 15) is 23.5 Å². The van der Waals surface area contributed by atoms with Crippen LogP contribution in [0.15, 0.2) is 22.6 Å². The van der Waals surface area contributed by atoms with Crippen LogP contribution in [-0.4, -0.2) is 65.8 Å². The molecule has 4 N–H and O–H groups in total. The molecule has 2 atom stereocenters. The molecule has 10 nitrogen and oxygen atoms in total. The molecular weight excluding hydrogens is 454 g/mol. The van der Waals surface area contributed by atoms with Crippen LogP contribution in [0.3, 0.4) is 0 Å². The molecule has 184 valence electrons. The third-order valence-electron chi connectivity index (χ3n) is 5.64. The molecule has 1 aromatic heterocycles. The SMILES string of the molecule is C[C@H](N)c1oc(-c2ccc(OC(F)F)c(OCC3CC3)c2)nc1C(=O)N1CCNCC1C(=O)O. The lowest BCUT2D eigenvalue weighted by atomic mass is 10.1. The van der Waals surface area contributed by atoms with Gasteiger partial charge in [0.15, 0.2) is 23.0 Å². The number of nitrogens with two attached hydrogens (primary N) is 1. The fraction of sp³-hybridized carbons (Fsp3) is 0.500. The van der Waals surface area contributed by atoms with Gasteiger partial charge in [-0.3, -0.25) is 4.79 Å². The second-order valence-corrected chi connectivity index (χ2v) is 8.37. The van der Waals surface area contributed by atoms with E-state index in [2.05, 4.69) is 15.0 Å². The van der Waals surface area contributed by atoms with E-state index in [0.717, 1.165) is 12.8 Å². The number of oxazole rings is 1. The molecule has 1 aromatic carbocycles. The molecule has 2 aliphatic rings. The topological polar surface area (TPSA) is 140 Å². The molecule has 0 spiro atoms. The monoisotopic (exact) mass is 480 g/mol. The standard InChI is InChI=1S/C22H26F2N4O6/c1-11(25)18-17(20(29)28-7-6-26-9-14(28)21(30)31)27-19(34-18)13-4-5-15(33-22(23)24)16(8-13)32-10-12-2-3-12/h4-5,8,11-12,14,22,26H,2-3,6-7,9-10,25H2,1H3,(H,30,31)/t11-,14?/m0/s1. The number of alkyl halides is 2. The number of hydrogen-bond donors (Lipinski definition) is 3. The van der Waals surface area contributed by atoms with E-state index in [1.165, 1.54) is 23.1 Å². The molecule has 1 saturated carbocycles. The van der Waals surface area contributed by atoms with Gasteiger partial charge >= 0.3 is 12.6 Å². The minimum atomic E-state index is -3.02. The number of carboxylic acid groups (broad SMARTS) is 1. The number of rotatable bonds is 9. The van der Waals surface area contributed by atoms with Gasteiger partial charge in [0, 0.05) is 25.2 Å². The van der Waals surface area contributed by atoms with Gasteiger partial charge in [0.05, 0.1) is 12.6 Å². The Hall–Kier alpha value is -3.25. The molecule has 34 heavy (non-hydrogen) atoms. The van der Waals surface area contributed by atoms with Crippen LogP contribution >= 0.6 is 0 Å². The Morgan fingerprint density at radius 2 is 2.12 bits per heavy atom. The highest BCUT2D eigenvalue weighted by Crippen LogP contribution is 2.37. The summed E-state index contributed by atoms with van der Waals surface area (Å²) in [5.74, 6) is -1.28. The summed E-state index contributed by atoms with van der Waals surface area (Å²) in [6.07, 6.45) is 2.02. The fourth-order valence-corrected chi connectivity index (χ4v) is 3.66. The molecule has 2 fully saturated rings. The average molecular weight is 480 g/mol. The number of carboxylic acids is 1. The average Bonchev–Trinajstić information content (AvgIpc) is 3.52. The molecule has 2 aromatic rings. The number of aromatic nitrogens is 1. The number of hydrogen-bond acceptors (Lipinski definition) is 8. The van der Waals surface area contributed by atoms with E-state index in [1.54, 1.807) is 6.92 Å². The number of amides is 1. The lowest BCUT2D eigenvalue weighted by Gasteiger charge is -2.33. The summed E-state index contributed by atoms with van der Waals surface area (Å²) in [7, 11) is 0. The Kier molecular flexibility index (Phi) is 6.98. The Morgan fingerprint density at radius 1 is 1.35 bits per heavy atom. The van der Waals surface area contributed by atoms with Crippen molar-refractivity contribution in [2.45, 2.75) is 38.5 Å². The van der Waals surface area contributed by atoms with E-state index >= 15 is 0 Å². The summed E-state index contributed by atoms with van der Waals surface area (Å²) in [6, 6.07) is 2.46. The lowest BCUT2D eigenvalue weighted by Crippen LogP contribution is -2.57. The molecule has 2 heterocycles. The van der Waals surface area contributed by atoms with Gasteiger partial charge in [-0.2, -0.15) is 8.78 Å². The molecule has 1 amide bonds. The van der Waals surface area contributed by atoms with Gasteiger partial charge < -0.3 is 34.9 Å². The number of piperazine rings is 1. The third-order valence-corrected chi connectivity index (χ3v) is 5.64. The van der Waals surface area contributed by atoms with E-state index < -0.39 is 30.6 Å². The maximum Gasteiger partial charge on any atom is 0.387 e. The van der Waals surface area contributed by atoms with Gasteiger partial charge in [-0.05, 0) is 43.9 Å². The predicted octanol–water partition coefficient (Wildman–Crippen LogP) is 2.25. The quantitative estimate of drug-likeness (QED) is 0.493. The first-order valence-electron chi connectivity index (χ1n) is 11.0. The van der Waals surface area contributed by atoms with Crippen molar-refractivity contribution in [2.75, 3.05) is 26.2 Å². The minimum absolute atomic E-state index is 0.0255. The molecule has 1 saturated heterocycles. The van der Waals surface area contributed by atoms with Crippen LogP contribution < -0.4 is 20.5 Å². The molecule has 0 bridgehead atoms. The Morgan fingerprint density at radius 3 is 2.76 bits per heavy atom. The van der Waals surface area contributed by atoms with Gasteiger partial charge in [0.2, 0.25) is 5.89 Å².